The number of aromatic amines is 1. The SMILES string of the molecule is CN(C)C1(CNc2nc3c(F)c(F)cc(C(=N)N(O)c4ccc(F)c(Cl)c4)c3[nH]2)CCC1. The van der Waals surface area contributed by atoms with Crippen LogP contribution in [0.4, 0.5) is 24.8 Å². The van der Waals surface area contributed by atoms with Gasteiger partial charge >= 0.3 is 0 Å². The van der Waals surface area contributed by atoms with Crippen LogP contribution < -0.4 is 10.4 Å². The van der Waals surface area contributed by atoms with E-state index in [1.165, 1.54) is 6.07 Å². The minimum Gasteiger partial charge on any atom is -0.354 e. The zero-order chi connectivity index (χ0) is 23.2. The molecule has 0 unspecified atom stereocenters. The second-order valence-electron chi connectivity index (χ2n) is 8.11. The monoisotopic (exact) mass is 466 g/mol. The molecular formula is C21H22ClF3N6O. The van der Waals surface area contributed by atoms with E-state index in [1.54, 1.807) is 0 Å². The summed E-state index contributed by atoms with van der Waals surface area (Å²) in [6.07, 6.45) is 3.12. The summed E-state index contributed by atoms with van der Waals surface area (Å²) in [6.45, 7) is 0.552. The number of benzene rings is 2. The van der Waals surface area contributed by atoms with Gasteiger partial charge in [0.15, 0.2) is 17.5 Å². The van der Waals surface area contributed by atoms with Crippen LogP contribution in [0.2, 0.25) is 5.02 Å². The molecule has 1 heterocycles. The maximum absolute atomic E-state index is 14.5. The van der Waals surface area contributed by atoms with Gasteiger partial charge in [0.2, 0.25) is 5.95 Å². The first-order valence-corrected chi connectivity index (χ1v) is 10.3. The Morgan fingerprint density at radius 2 is 1.97 bits per heavy atom. The topological polar surface area (TPSA) is 91.3 Å². The molecule has 0 spiro atoms. The summed E-state index contributed by atoms with van der Waals surface area (Å²) in [5.74, 6) is -3.43. The third kappa shape index (κ3) is 3.78. The van der Waals surface area contributed by atoms with Gasteiger partial charge in [0.05, 0.1) is 16.2 Å². The number of hydroxylamine groups is 1. The van der Waals surface area contributed by atoms with Crippen molar-refractivity contribution in [3.05, 3.63) is 52.3 Å². The van der Waals surface area contributed by atoms with Gasteiger partial charge in [0.25, 0.3) is 0 Å². The Morgan fingerprint density at radius 1 is 1.25 bits per heavy atom. The van der Waals surface area contributed by atoms with Crippen molar-refractivity contribution in [2.75, 3.05) is 31.0 Å². The molecule has 0 saturated heterocycles. The Kier molecular flexibility index (Phi) is 5.78. The van der Waals surface area contributed by atoms with E-state index in [9.17, 15) is 18.4 Å². The Hall–Kier alpha value is -2.82. The standard InChI is InChI=1S/C21H22ClF3N6O/c1-30(2)21(6-3-7-21)10-27-20-28-17-12(9-15(24)16(25)18(17)29-20)19(26)31(32)11-4-5-14(23)13(22)8-11/h4-5,8-9,26,32H,3,6-7,10H2,1-2H3,(H2,27,28,29). The predicted molar refractivity (Wildman–Crippen MR) is 117 cm³/mol. The van der Waals surface area contributed by atoms with Gasteiger partial charge in [-0.25, -0.2) is 23.2 Å². The highest BCUT2D eigenvalue weighted by atomic mass is 35.5. The molecule has 3 aromatic rings. The van der Waals surface area contributed by atoms with Crippen LogP contribution in [0.5, 0.6) is 0 Å². The second-order valence-corrected chi connectivity index (χ2v) is 8.52. The van der Waals surface area contributed by atoms with E-state index in [4.69, 9.17) is 17.0 Å². The highest BCUT2D eigenvalue weighted by molar-refractivity contribution is 6.31. The first-order chi connectivity index (χ1) is 15.1. The molecule has 32 heavy (non-hydrogen) atoms. The number of anilines is 2. The zero-order valence-corrected chi connectivity index (χ0v) is 18.2. The van der Waals surface area contributed by atoms with E-state index in [-0.39, 0.29) is 38.8 Å². The summed E-state index contributed by atoms with van der Waals surface area (Å²) in [7, 11) is 3.98. The molecule has 4 N–H and O–H groups in total. The quantitative estimate of drug-likeness (QED) is 0.239. The van der Waals surface area contributed by atoms with E-state index >= 15 is 0 Å². The summed E-state index contributed by atoms with van der Waals surface area (Å²) in [5.41, 5.74) is -0.452. The van der Waals surface area contributed by atoms with Gasteiger partial charge < -0.3 is 15.2 Å². The molecule has 0 bridgehead atoms. The number of H-pyrrole nitrogens is 1. The average molecular weight is 467 g/mol. The number of likely N-dealkylation sites (N-methyl/N-ethyl adjacent to an activating group) is 1. The number of hydrogen-bond acceptors (Lipinski definition) is 5. The molecule has 7 nitrogen and oxygen atoms in total. The molecule has 2 aromatic carbocycles. The van der Waals surface area contributed by atoms with Crippen molar-refractivity contribution in [3.8, 4) is 0 Å². The van der Waals surface area contributed by atoms with Crippen LogP contribution in [0.1, 0.15) is 24.8 Å². The minimum atomic E-state index is -1.22. The Bertz CT molecular complexity index is 1190. The molecule has 1 saturated carbocycles. The largest absolute Gasteiger partial charge is 0.354 e. The molecule has 1 aromatic heterocycles. The number of imidazole rings is 1. The van der Waals surface area contributed by atoms with Gasteiger partial charge in [0, 0.05) is 17.6 Å². The molecule has 0 amide bonds. The molecular weight excluding hydrogens is 445 g/mol. The van der Waals surface area contributed by atoms with E-state index in [1.807, 2.05) is 14.1 Å². The summed E-state index contributed by atoms with van der Waals surface area (Å²) in [4.78, 5) is 9.14. The van der Waals surface area contributed by atoms with Crippen molar-refractivity contribution in [1.29, 1.82) is 5.41 Å². The summed E-state index contributed by atoms with van der Waals surface area (Å²) >= 11 is 5.74. The molecule has 1 fully saturated rings. The third-order valence-corrected chi connectivity index (χ3v) is 6.38. The summed E-state index contributed by atoms with van der Waals surface area (Å²) in [5, 5.41) is 22.1. The maximum Gasteiger partial charge on any atom is 0.201 e. The lowest BCUT2D eigenvalue weighted by molar-refractivity contribution is 0.0737. The van der Waals surface area contributed by atoms with Crippen molar-refractivity contribution in [2.24, 2.45) is 0 Å². The number of nitrogens with zero attached hydrogens (tertiary/aromatic N) is 3. The van der Waals surface area contributed by atoms with Crippen molar-refractivity contribution in [1.82, 2.24) is 14.9 Å². The van der Waals surface area contributed by atoms with E-state index in [2.05, 4.69) is 20.2 Å². The van der Waals surface area contributed by atoms with Crippen LogP contribution in [-0.4, -0.2) is 52.1 Å². The number of nitrogens with one attached hydrogen (secondary N) is 3. The summed E-state index contributed by atoms with van der Waals surface area (Å²) in [6, 6.07) is 4.13. The van der Waals surface area contributed by atoms with E-state index in [0.717, 1.165) is 37.5 Å². The van der Waals surface area contributed by atoms with Crippen molar-refractivity contribution in [3.63, 3.8) is 0 Å². The molecule has 1 aliphatic carbocycles. The molecule has 0 atom stereocenters. The Morgan fingerprint density at radius 3 is 2.56 bits per heavy atom. The van der Waals surface area contributed by atoms with Crippen LogP contribution in [0.15, 0.2) is 24.3 Å². The molecule has 0 radical (unpaired) electrons. The van der Waals surface area contributed by atoms with Gasteiger partial charge in [-0.15, -0.1) is 0 Å². The lowest BCUT2D eigenvalue weighted by Crippen LogP contribution is -2.54. The van der Waals surface area contributed by atoms with Crippen LogP contribution in [-0.2, 0) is 0 Å². The fourth-order valence-electron chi connectivity index (χ4n) is 3.85. The first kappa shape index (κ1) is 22.4. The molecule has 4 rings (SSSR count). The van der Waals surface area contributed by atoms with Gasteiger partial charge in [-0.05, 0) is 57.6 Å². The molecule has 11 heteroatoms. The highest BCUT2D eigenvalue weighted by Crippen LogP contribution is 2.36. The molecule has 170 valence electrons. The number of rotatable bonds is 6. The van der Waals surface area contributed by atoms with Crippen molar-refractivity contribution < 1.29 is 18.4 Å². The van der Waals surface area contributed by atoms with E-state index in [0.29, 0.717) is 11.6 Å². The lowest BCUT2D eigenvalue weighted by Gasteiger charge is -2.47. The summed E-state index contributed by atoms with van der Waals surface area (Å²) < 4.78 is 42.2. The maximum atomic E-state index is 14.5. The Labute approximate surface area is 187 Å². The van der Waals surface area contributed by atoms with E-state index < -0.39 is 23.3 Å². The fraction of sp³-hybridized carbons (Fsp3) is 0.333. The van der Waals surface area contributed by atoms with Crippen LogP contribution >= 0.6 is 11.6 Å². The third-order valence-electron chi connectivity index (χ3n) is 6.09. The molecule has 0 aliphatic heterocycles. The average Bonchev–Trinajstić information content (AvgIpc) is 3.15. The van der Waals surface area contributed by atoms with Gasteiger partial charge in [0.1, 0.15) is 11.3 Å². The minimum absolute atomic E-state index is 0.0185. The van der Waals surface area contributed by atoms with Gasteiger partial charge in [-0.2, -0.15) is 0 Å². The van der Waals surface area contributed by atoms with Crippen molar-refractivity contribution >= 4 is 40.1 Å². The normalized spacial score (nSPS) is 15.1. The lowest BCUT2D eigenvalue weighted by atomic mass is 9.75. The predicted octanol–water partition coefficient (Wildman–Crippen LogP) is 4.75. The van der Waals surface area contributed by atoms with Crippen LogP contribution in [0.3, 0.4) is 0 Å². The van der Waals surface area contributed by atoms with Crippen molar-refractivity contribution in [2.45, 2.75) is 24.8 Å². The highest BCUT2D eigenvalue weighted by Gasteiger charge is 2.39. The Balaban J connectivity index is 1.67. The fourth-order valence-corrected chi connectivity index (χ4v) is 4.02. The van der Waals surface area contributed by atoms with Crippen LogP contribution in [0.25, 0.3) is 11.0 Å². The molecule has 1 aliphatic rings. The first-order valence-electron chi connectivity index (χ1n) is 9.95. The zero-order valence-electron chi connectivity index (χ0n) is 17.4. The van der Waals surface area contributed by atoms with Crippen LogP contribution in [0, 0.1) is 22.9 Å². The number of hydrogen-bond donors (Lipinski definition) is 4. The number of halogens is 4. The number of aromatic nitrogens is 2. The van der Waals surface area contributed by atoms with Gasteiger partial charge in [-0.3, -0.25) is 10.6 Å². The second kappa shape index (κ2) is 8.27. The number of fused-ring (bicyclic) bond motifs is 1. The number of amidine groups is 1. The van der Waals surface area contributed by atoms with Gasteiger partial charge in [-0.1, -0.05) is 11.6 Å². The smallest absolute Gasteiger partial charge is 0.201 e.